The van der Waals surface area contributed by atoms with Gasteiger partial charge in [-0.2, -0.15) is 0 Å². The molecule has 29 heavy (non-hydrogen) atoms. The van der Waals surface area contributed by atoms with Crippen LogP contribution in [0.4, 0.5) is 0 Å². The van der Waals surface area contributed by atoms with Crippen molar-refractivity contribution in [2.45, 2.75) is 39.5 Å². The van der Waals surface area contributed by atoms with E-state index < -0.39 is 0 Å². The molecule has 0 aliphatic carbocycles. The quantitative estimate of drug-likeness (QED) is 0.301. The monoisotopic (exact) mass is 395 g/mol. The average molecular weight is 396 g/mol. The first-order valence-electron chi connectivity index (χ1n) is 10.0. The molecule has 0 aromatic carbocycles. The van der Waals surface area contributed by atoms with Crippen LogP contribution in [-0.4, -0.2) is 31.8 Å². The summed E-state index contributed by atoms with van der Waals surface area (Å²) in [5.41, 5.74) is 2.36. The lowest BCUT2D eigenvalue weighted by molar-refractivity contribution is -0.114. The molecular formula is C25H33NO3. The van der Waals surface area contributed by atoms with Gasteiger partial charge in [0.05, 0.1) is 12.0 Å². The molecule has 1 saturated heterocycles. The van der Waals surface area contributed by atoms with E-state index in [1.165, 1.54) is 19.3 Å². The molecule has 0 saturated carbocycles. The van der Waals surface area contributed by atoms with E-state index in [-0.39, 0.29) is 5.78 Å². The Balaban J connectivity index is 0.000000594. The van der Waals surface area contributed by atoms with E-state index in [9.17, 15) is 4.79 Å². The summed E-state index contributed by atoms with van der Waals surface area (Å²) in [7, 11) is 1.71. The Morgan fingerprint density at radius 2 is 1.93 bits per heavy atom. The minimum Gasteiger partial charge on any atom is -0.465 e. The van der Waals surface area contributed by atoms with Crippen LogP contribution >= 0.6 is 0 Å². The molecule has 0 bridgehead atoms. The molecule has 0 spiro atoms. The highest BCUT2D eigenvalue weighted by Gasteiger charge is 2.03. The van der Waals surface area contributed by atoms with Gasteiger partial charge in [0.1, 0.15) is 5.76 Å². The highest BCUT2D eigenvalue weighted by Crippen LogP contribution is 2.06. The summed E-state index contributed by atoms with van der Waals surface area (Å²) >= 11 is 0. The standard InChI is InChI=1S/C20H23NO2.C5H10O/c1-5-17(12-11-16(2)3)20(22)10-6-8-18(21-4)13-14-19-9-7-15-23-19;1-2-4-6-5-3-1/h5-9,11-15H,2,10H2,1,3-4H3;1-5H2/b8-6-,12-11-,14-13+,17-5+,21-18?;. The molecule has 0 amide bonds. The summed E-state index contributed by atoms with van der Waals surface area (Å²) in [6.45, 7) is 9.53. The SMILES string of the molecule is C1CCOCC1.C=C(C)/C=C\C(=C/C)C(=O)C/C=C\C(/C=C/c1ccco1)=NC. The smallest absolute Gasteiger partial charge is 0.166 e. The van der Waals surface area contributed by atoms with E-state index in [4.69, 9.17) is 9.15 Å². The molecule has 0 atom stereocenters. The summed E-state index contributed by atoms with van der Waals surface area (Å²) < 4.78 is 10.3. The zero-order valence-electron chi connectivity index (χ0n) is 17.9. The van der Waals surface area contributed by atoms with Gasteiger partial charge in [-0.15, -0.1) is 0 Å². The van der Waals surface area contributed by atoms with Gasteiger partial charge in [0.15, 0.2) is 5.78 Å². The van der Waals surface area contributed by atoms with Crippen molar-refractivity contribution in [2.24, 2.45) is 4.99 Å². The third-order valence-corrected chi connectivity index (χ3v) is 4.07. The van der Waals surface area contributed by atoms with Crippen LogP contribution in [0, 0.1) is 0 Å². The molecular weight excluding hydrogens is 362 g/mol. The molecule has 0 unspecified atom stereocenters. The highest BCUT2D eigenvalue weighted by molar-refractivity contribution is 6.07. The van der Waals surface area contributed by atoms with E-state index in [0.717, 1.165) is 30.3 Å². The third kappa shape index (κ3) is 11.7. The van der Waals surface area contributed by atoms with Crippen LogP contribution in [0.1, 0.15) is 45.3 Å². The number of hydrogen-bond donors (Lipinski definition) is 0. The second-order valence-corrected chi connectivity index (χ2v) is 6.62. The molecule has 1 aliphatic rings. The lowest BCUT2D eigenvalue weighted by Gasteiger charge is -2.08. The van der Waals surface area contributed by atoms with E-state index in [1.807, 2.05) is 56.4 Å². The summed E-state index contributed by atoms with van der Waals surface area (Å²) in [5, 5.41) is 0. The van der Waals surface area contributed by atoms with Crippen LogP contribution < -0.4 is 0 Å². The number of nitrogens with zero attached hydrogens (tertiary/aromatic N) is 1. The van der Waals surface area contributed by atoms with Crippen LogP contribution in [0.3, 0.4) is 0 Å². The van der Waals surface area contributed by atoms with Crippen molar-refractivity contribution in [3.8, 4) is 0 Å². The Labute approximate surface area is 175 Å². The van der Waals surface area contributed by atoms with Crippen molar-refractivity contribution < 1.29 is 13.9 Å². The minimum absolute atomic E-state index is 0.0618. The molecule has 1 aromatic rings. The van der Waals surface area contributed by atoms with Gasteiger partial charge in [0.2, 0.25) is 0 Å². The molecule has 0 N–H and O–H groups in total. The summed E-state index contributed by atoms with van der Waals surface area (Å²) in [6, 6.07) is 3.69. The number of ketones is 1. The Morgan fingerprint density at radius 1 is 1.17 bits per heavy atom. The third-order valence-electron chi connectivity index (χ3n) is 4.07. The lowest BCUT2D eigenvalue weighted by Crippen LogP contribution is -2.03. The predicted octanol–water partition coefficient (Wildman–Crippen LogP) is 6.14. The fourth-order valence-electron chi connectivity index (χ4n) is 2.43. The van der Waals surface area contributed by atoms with Crippen LogP contribution in [0.5, 0.6) is 0 Å². The largest absolute Gasteiger partial charge is 0.465 e. The van der Waals surface area contributed by atoms with Crippen molar-refractivity contribution in [3.05, 3.63) is 78.3 Å². The maximum atomic E-state index is 12.1. The second-order valence-electron chi connectivity index (χ2n) is 6.62. The fraction of sp³-hybridized carbons (Fsp3) is 0.360. The normalized spacial score (nSPS) is 15.7. The number of Topliss-reactive ketones (excluding diaryl/α,β-unsaturated/α-hetero) is 1. The Hall–Kier alpha value is -2.72. The zero-order valence-corrected chi connectivity index (χ0v) is 17.9. The van der Waals surface area contributed by atoms with Gasteiger partial charge < -0.3 is 9.15 Å². The first-order valence-corrected chi connectivity index (χ1v) is 10.0. The molecule has 4 nitrogen and oxygen atoms in total. The van der Waals surface area contributed by atoms with Gasteiger partial charge in [0.25, 0.3) is 0 Å². The van der Waals surface area contributed by atoms with Gasteiger partial charge >= 0.3 is 0 Å². The Kier molecular flexibility index (Phi) is 12.8. The number of aliphatic imine (C=N–C) groups is 1. The zero-order chi connectivity index (χ0) is 21.3. The molecule has 0 radical (unpaired) electrons. The molecule has 1 fully saturated rings. The van der Waals surface area contributed by atoms with Gasteiger partial charge in [-0.25, -0.2) is 0 Å². The number of carbonyl (C=O) groups excluding carboxylic acids is 1. The molecule has 2 rings (SSSR count). The topological polar surface area (TPSA) is 51.8 Å². The number of allylic oxidation sites excluding steroid dienone is 8. The average Bonchev–Trinajstić information content (AvgIpc) is 3.26. The van der Waals surface area contributed by atoms with Crippen LogP contribution in [-0.2, 0) is 9.53 Å². The highest BCUT2D eigenvalue weighted by atomic mass is 16.5. The van der Waals surface area contributed by atoms with Crippen LogP contribution in [0.15, 0.2) is 82.0 Å². The summed E-state index contributed by atoms with van der Waals surface area (Å²) in [4.78, 5) is 16.3. The first-order chi connectivity index (χ1) is 14.1. The van der Waals surface area contributed by atoms with Gasteiger partial charge in [-0.3, -0.25) is 9.79 Å². The summed E-state index contributed by atoms with van der Waals surface area (Å²) in [5.74, 6) is 0.823. The predicted molar refractivity (Wildman–Crippen MR) is 122 cm³/mol. The first kappa shape index (κ1) is 24.3. The second kappa shape index (κ2) is 15.2. The maximum absolute atomic E-state index is 12.1. The van der Waals surface area contributed by atoms with E-state index >= 15 is 0 Å². The molecule has 1 aliphatic heterocycles. The minimum atomic E-state index is 0.0618. The van der Waals surface area contributed by atoms with Crippen LogP contribution in [0.2, 0.25) is 0 Å². The van der Waals surface area contributed by atoms with Gasteiger partial charge in [-0.05, 0) is 63.5 Å². The van der Waals surface area contributed by atoms with Gasteiger partial charge in [-0.1, -0.05) is 36.5 Å². The number of furan rings is 1. The van der Waals surface area contributed by atoms with Crippen molar-refractivity contribution in [1.82, 2.24) is 0 Å². The number of rotatable bonds is 8. The molecule has 2 heterocycles. The number of carbonyl (C=O) groups is 1. The summed E-state index contributed by atoms with van der Waals surface area (Å²) in [6.07, 6.45) is 18.6. The number of hydrogen-bond acceptors (Lipinski definition) is 4. The molecule has 4 heteroatoms. The van der Waals surface area contributed by atoms with E-state index in [2.05, 4.69) is 11.6 Å². The van der Waals surface area contributed by atoms with Crippen molar-refractivity contribution >= 4 is 17.6 Å². The Bertz CT molecular complexity index is 746. The van der Waals surface area contributed by atoms with E-state index in [0.29, 0.717) is 12.0 Å². The lowest BCUT2D eigenvalue weighted by atomic mass is 10.1. The molecule has 1 aromatic heterocycles. The maximum Gasteiger partial charge on any atom is 0.166 e. The molecule has 156 valence electrons. The van der Waals surface area contributed by atoms with Crippen molar-refractivity contribution in [2.75, 3.05) is 20.3 Å². The van der Waals surface area contributed by atoms with Gasteiger partial charge in [0, 0.05) is 32.3 Å². The van der Waals surface area contributed by atoms with Crippen LogP contribution in [0.25, 0.3) is 6.08 Å². The number of ether oxygens (including phenoxy) is 1. The van der Waals surface area contributed by atoms with Crippen molar-refractivity contribution in [1.29, 1.82) is 0 Å². The van der Waals surface area contributed by atoms with Crippen molar-refractivity contribution in [3.63, 3.8) is 0 Å². The Morgan fingerprint density at radius 3 is 2.41 bits per heavy atom. The van der Waals surface area contributed by atoms with E-state index in [1.54, 1.807) is 25.5 Å². The fourth-order valence-corrected chi connectivity index (χ4v) is 2.43.